The topological polar surface area (TPSA) is 22.4 Å². The molecule has 0 amide bonds. The quantitative estimate of drug-likeness (QED) is 0.788. The average molecular weight is 318 g/mol. The monoisotopic (exact) mass is 318 g/mol. The lowest BCUT2D eigenvalue weighted by Crippen LogP contribution is -1.93. The second kappa shape index (κ2) is 4.22. The van der Waals surface area contributed by atoms with Gasteiger partial charge >= 0.3 is 0 Å². The van der Waals surface area contributed by atoms with Crippen molar-refractivity contribution in [2.24, 2.45) is 0 Å². The van der Waals surface area contributed by atoms with Gasteiger partial charge in [-0.1, -0.05) is 0 Å². The van der Waals surface area contributed by atoms with Crippen molar-refractivity contribution in [1.82, 2.24) is 0 Å². The van der Waals surface area contributed by atoms with Gasteiger partial charge in [0.2, 0.25) is 0 Å². The Morgan fingerprint density at radius 1 is 1.33 bits per heavy atom. The van der Waals surface area contributed by atoms with Crippen LogP contribution in [0.15, 0.2) is 34.9 Å². The smallest absolute Gasteiger partial charge is 0.179 e. The van der Waals surface area contributed by atoms with E-state index >= 15 is 0 Å². The highest BCUT2D eigenvalue weighted by Gasteiger charge is 2.15. The zero-order chi connectivity index (χ0) is 10.8. The van der Waals surface area contributed by atoms with Crippen molar-refractivity contribution >= 4 is 22.6 Å². The van der Waals surface area contributed by atoms with Crippen molar-refractivity contribution in [2.75, 3.05) is 7.11 Å². The molecule has 0 atom stereocenters. The maximum Gasteiger partial charge on any atom is 0.179 e. The number of rotatable bonds is 2. The lowest BCUT2D eigenvalue weighted by atomic mass is 10.1. The van der Waals surface area contributed by atoms with Crippen LogP contribution in [0.25, 0.3) is 11.3 Å². The van der Waals surface area contributed by atoms with E-state index in [9.17, 15) is 4.39 Å². The Labute approximate surface area is 100 Å². The number of halogens is 2. The first-order valence-corrected chi connectivity index (χ1v) is 5.37. The summed E-state index contributed by atoms with van der Waals surface area (Å²) in [5.74, 6) is 0.464. The predicted octanol–water partition coefficient (Wildman–Crippen LogP) is 3.70. The first-order valence-electron chi connectivity index (χ1n) is 4.30. The first kappa shape index (κ1) is 10.5. The molecule has 0 saturated heterocycles. The predicted molar refractivity (Wildman–Crippen MR) is 63.4 cm³/mol. The highest BCUT2D eigenvalue weighted by Crippen LogP contribution is 2.34. The molecule has 1 aromatic heterocycles. The molecule has 4 heteroatoms. The van der Waals surface area contributed by atoms with Crippen LogP contribution in [0, 0.1) is 9.39 Å². The van der Waals surface area contributed by atoms with Crippen molar-refractivity contribution < 1.29 is 13.5 Å². The molecule has 0 unspecified atom stereocenters. The van der Waals surface area contributed by atoms with Crippen LogP contribution in [0.2, 0.25) is 0 Å². The van der Waals surface area contributed by atoms with E-state index in [0.29, 0.717) is 14.9 Å². The van der Waals surface area contributed by atoms with Gasteiger partial charge in [0.1, 0.15) is 5.76 Å². The number of benzene rings is 1. The molecule has 0 spiro atoms. The summed E-state index contributed by atoms with van der Waals surface area (Å²) in [7, 11) is 1.45. The molecule has 2 aromatic rings. The molecule has 0 aliphatic carbocycles. The second-order valence-electron chi connectivity index (χ2n) is 2.92. The molecule has 0 saturated carbocycles. The third-order valence-corrected chi connectivity index (χ3v) is 2.87. The van der Waals surface area contributed by atoms with Gasteiger partial charge in [0.25, 0.3) is 0 Å². The molecule has 2 rings (SSSR count). The Balaban J connectivity index is 2.62. The summed E-state index contributed by atoms with van der Waals surface area (Å²) < 4.78 is 24.5. The Morgan fingerprint density at radius 3 is 2.73 bits per heavy atom. The summed E-state index contributed by atoms with van der Waals surface area (Å²) in [5, 5.41) is 0. The second-order valence-corrected chi connectivity index (χ2v) is 4.08. The average Bonchev–Trinajstić information content (AvgIpc) is 2.75. The van der Waals surface area contributed by atoms with Crippen LogP contribution >= 0.6 is 22.6 Å². The normalized spacial score (nSPS) is 10.3. The third kappa shape index (κ3) is 1.86. The zero-order valence-electron chi connectivity index (χ0n) is 7.96. The molecule has 0 N–H and O–H groups in total. The minimum absolute atomic E-state index is 0.219. The third-order valence-electron chi connectivity index (χ3n) is 2.04. The maximum atomic E-state index is 13.7. The van der Waals surface area contributed by atoms with Crippen molar-refractivity contribution in [2.45, 2.75) is 0 Å². The molecule has 2 nitrogen and oxygen atoms in total. The number of methoxy groups -OCH3 is 1. The Kier molecular flexibility index (Phi) is 2.95. The van der Waals surface area contributed by atoms with Gasteiger partial charge < -0.3 is 9.15 Å². The molecule has 78 valence electrons. The maximum absolute atomic E-state index is 13.7. The fourth-order valence-corrected chi connectivity index (χ4v) is 1.78. The van der Waals surface area contributed by atoms with E-state index in [0.717, 1.165) is 0 Å². The molecule has 0 aliphatic heterocycles. The van der Waals surface area contributed by atoms with Crippen LogP contribution in [0.3, 0.4) is 0 Å². The number of ether oxygens (including phenoxy) is 1. The van der Waals surface area contributed by atoms with Crippen LogP contribution in [-0.4, -0.2) is 7.11 Å². The number of hydrogen-bond acceptors (Lipinski definition) is 2. The SMILES string of the molecule is COc1c(-c2ccco2)ccc(I)c1F. The van der Waals surface area contributed by atoms with Crippen LogP contribution in [-0.2, 0) is 0 Å². The van der Waals surface area contributed by atoms with E-state index in [1.807, 2.05) is 22.6 Å². The van der Waals surface area contributed by atoms with Crippen molar-refractivity contribution in [3.8, 4) is 17.1 Å². The molecule has 0 radical (unpaired) electrons. The largest absolute Gasteiger partial charge is 0.493 e. The van der Waals surface area contributed by atoms with E-state index in [4.69, 9.17) is 9.15 Å². The summed E-state index contributed by atoms with van der Waals surface area (Å²) >= 11 is 1.92. The Bertz CT molecular complexity index is 466. The van der Waals surface area contributed by atoms with Crippen LogP contribution in [0.4, 0.5) is 4.39 Å². The zero-order valence-corrected chi connectivity index (χ0v) is 10.1. The highest BCUT2D eigenvalue weighted by molar-refractivity contribution is 14.1. The molecular formula is C11H8FIO2. The Hall–Kier alpha value is -1.04. The Morgan fingerprint density at radius 2 is 2.13 bits per heavy atom. The summed E-state index contributed by atoms with van der Waals surface area (Å²) in [6, 6.07) is 6.99. The van der Waals surface area contributed by atoms with E-state index < -0.39 is 0 Å². The van der Waals surface area contributed by atoms with Gasteiger partial charge in [-0.2, -0.15) is 0 Å². The van der Waals surface area contributed by atoms with Gasteiger partial charge in [0.15, 0.2) is 11.6 Å². The van der Waals surface area contributed by atoms with Crippen LogP contribution in [0.5, 0.6) is 5.75 Å². The molecule has 1 aromatic carbocycles. The minimum atomic E-state index is -0.355. The van der Waals surface area contributed by atoms with Gasteiger partial charge in [-0.05, 0) is 46.9 Å². The van der Waals surface area contributed by atoms with Crippen LogP contribution in [0.1, 0.15) is 0 Å². The molecule has 0 aliphatic rings. The van der Waals surface area contributed by atoms with E-state index in [1.54, 1.807) is 30.5 Å². The fourth-order valence-electron chi connectivity index (χ4n) is 1.36. The van der Waals surface area contributed by atoms with Crippen molar-refractivity contribution in [1.29, 1.82) is 0 Å². The molecular weight excluding hydrogens is 310 g/mol. The number of hydrogen-bond donors (Lipinski definition) is 0. The molecule has 0 bridgehead atoms. The van der Waals surface area contributed by atoms with Gasteiger partial charge in [-0.25, -0.2) is 4.39 Å². The standard InChI is InChI=1S/C11H8FIO2/c1-14-11-7(9-3-2-6-15-9)4-5-8(13)10(11)12/h2-6H,1H3. The summed E-state index contributed by atoms with van der Waals surface area (Å²) in [5.41, 5.74) is 0.625. The summed E-state index contributed by atoms with van der Waals surface area (Å²) in [6.45, 7) is 0. The lowest BCUT2D eigenvalue weighted by molar-refractivity contribution is 0.385. The highest BCUT2D eigenvalue weighted by atomic mass is 127. The van der Waals surface area contributed by atoms with Crippen molar-refractivity contribution in [3.05, 3.63) is 39.9 Å². The van der Waals surface area contributed by atoms with Gasteiger partial charge in [0.05, 0.1) is 22.5 Å². The van der Waals surface area contributed by atoms with E-state index in [2.05, 4.69) is 0 Å². The fraction of sp³-hybridized carbons (Fsp3) is 0.0909. The van der Waals surface area contributed by atoms with Crippen LogP contribution < -0.4 is 4.74 Å². The van der Waals surface area contributed by atoms with E-state index in [-0.39, 0.29) is 11.6 Å². The molecule has 15 heavy (non-hydrogen) atoms. The summed E-state index contributed by atoms with van der Waals surface area (Å²) in [4.78, 5) is 0. The summed E-state index contributed by atoms with van der Waals surface area (Å²) in [6.07, 6.45) is 1.55. The molecule has 1 heterocycles. The van der Waals surface area contributed by atoms with Gasteiger partial charge in [-0.3, -0.25) is 0 Å². The number of furan rings is 1. The van der Waals surface area contributed by atoms with Crippen molar-refractivity contribution in [3.63, 3.8) is 0 Å². The lowest BCUT2D eigenvalue weighted by Gasteiger charge is -2.08. The van der Waals surface area contributed by atoms with Gasteiger partial charge in [-0.15, -0.1) is 0 Å². The van der Waals surface area contributed by atoms with Gasteiger partial charge in [0, 0.05) is 0 Å². The first-order chi connectivity index (χ1) is 7.24. The van der Waals surface area contributed by atoms with E-state index in [1.165, 1.54) is 7.11 Å². The molecule has 0 fully saturated rings. The minimum Gasteiger partial charge on any atom is -0.493 e.